The first-order valence-electron chi connectivity index (χ1n) is 6.46. The van der Waals surface area contributed by atoms with Crippen LogP contribution in [0.5, 0.6) is 0 Å². The minimum Gasteiger partial charge on any atom is -0.467 e. The van der Waals surface area contributed by atoms with Gasteiger partial charge < -0.3 is 20.4 Å². The van der Waals surface area contributed by atoms with E-state index in [9.17, 15) is 14.4 Å². The monoisotopic (exact) mass is 279 g/mol. The van der Waals surface area contributed by atoms with E-state index in [2.05, 4.69) is 5.32 Å². The number of piperidine rings is 1. The normalized spacial score (nSPS) is 15.9. The molecule has 3 N–H and O–H groups in total. The van der Waals surface area contributed by atoms with Gasteiger partial charge in [0.05, 0.1) is 12.8 Å². The molecule has 20 heavy (non-hydrogen) atoms. The molecule has 108 valence electrons. The SMILES string of the molecule is NC(=O)C1CCN(C(=O)C(=O)NCc2ccco2)CC1. The number of nitrogens with two attached hydrogens (primary N) is 1. The van der Waals surface area contributed by atoms with Crippen LogP contribution >= 0.6 is 0 Å². The van der Waals surface area contributed by atoms with Gasteiger partial charge in [0, 0.05) is 19.0 Å². The number of amides is 3. The number of nitrogens with zero attached hydrogens (tertiary/aromatic N) is 1. The van der Waals surface area contributed by atoms with Gasteiger partial charge >= 0.3 is 11.8 Å². The molecule has 1 saturated heterocycles. The quantitative estimate of drug-likeness (QED) is 0.735. The number of hydrogen-bond acceptors (Lipinski definition) is 4. The molecule has 1 aromatic heterocycles. The smallest absolute Gasteiger partial charge is 0.311 e. The number of rotatable bonds is 3. The van der Waals surface area contributed by atoms with Crippen LogP contribution in [0.3, 0.4) is 0 Å². The molecule has 0 bridgehead atoms. The summed E-state index contributed by atoms with van der Waals surface area (Å²) < 4.78 is 5.06. The van der Waals surface area contributed by atoms with E-state index in [-0.39, 0.29) is 18.4 Å². The number of primary amides is 1. The van der Waals surface area contributed by atoms with Gasteiger partial charge in [-0.25, -0.2) is 0 Å². The van der Waals surface area contributed by atoms with Crippen molar-refractivity contribution >= 4 is 17.7 Å². The first kappa shape index (κ1) is 14.1. The van der Waals surface area contributed by atoms with Crippen molar-refractivity contribution < 1.29 is 18.8 Å². The maximum Gasteiger partial charge on any atom is 0.311 e. The highest BCUT2D eigenvalue weighted by atomic mass is 16.3. The summed E-state index contributed by atoms with van der Waals surface area (Å²) in [7, 11) is 0. The summed E-state index contributed by atoms with van der Waals surface area (Å²) in [5.74, 6) is -1.22. The Morgan fingerprint density at radius 3 is 2.60 bits per heavy atom. The molecule has 0 radical (unpaired) electrons. The first-order chi connectivity index (χ1) is 9.58. The van der Waals surface area contributed by atoms with Gasteiger partial charge in [-0.15, -0.1) is 0 Å². The van der Waals surface area contributed by atoms with Crippen molar-refractivity contribution in [1.82, 2.24) is 10.2 Å². The van der Waals surface area contributed by atoms with Crippen LogP contribution in [0.15, 0.2) is 22.8 Å². The van der Waals surface area contributed by atoms with E-state index < -0.39 is 11.8 Å². The van der Waals surface area contributed by atoms with Gasteiger partial charge in [0.15, 0.2) is 0 Å². The van der Waals surface area contributed by atoms with Gasteiger partial charge in [-0.3, -0.25) is 14.4 Å². The summed E-state index contributed by atoms with van der Waals surface area (Å²) in [6, 6.07) is 3.42. The number of furan rings is 1. The van der Waals surface area contributed by atoms with Gasteiger partial charge in [-0.1, -0.05) is 0 Å². The predicted octanol–water partition coefficient (Wildman–Crippen LogP) is -0.380. The van der Waals surface area contributed by atoms with Gasteiger partial charge in [-0.2, -0.15) is 0 Å². The van der Waals surface area contributed by atoms with Crippen molar-refractivity contribution in [2.75, 3.05) is 13.1 Å². The van der Waals surface area contributed by atoms with Crippen LogP contribution in [0.25, 0.3) is 0 Å². The maximum atomic E-state index is 11.9. The van der Waals surface area contributed by atoms with Gasteiger partial charge in [0.2, 0.25) is 5.91 Å². The van der Waals surface area contributed by atoms with Crippen molar-refractivity contribution in [3.05, 3.63) is 24.2 Å². The molecular formula is C13H17N3O4. The Balaban J connectivity index is 1.79. The van der Waals surface area contributed by atoms with Crippen LogP contribution in [0.2, 0.25) is 0 Å². The molecule has 2 heterocycles. The van der Waals surface area contributed by atoms with Crippen molar-refractivity contribution in [2.45, 2.75) is 19.4 Å². The summed E-state index contributed by atoms with van der Waals surface area (Å²) >= 11 is 0. The highest BCUT2D eigenvalue weighted by molar-refractivity contribution is 6.34. The molecule has 0 aromatic carbocycles. The number of carbonyl (C=O) groups excluding carboxylic acids is 3. The number of hydrogen-bond donors (Lipinski definition) is 2. The molecule has 1 fully saturated rings. The van der Waals surface area contributed by atoms with Gasteiger partial charge in [0.25, 0.3) is 0 Å². The minimum absolute atomic E-state index is 0.176. The van der Waals surface area contributed by atoms with E-state index in [1.807, 2.05) is 0 Å². The second kappa shape index (κ2) is 6.23. The third-order valence-electron chi connectivity index (χ3n) is 3.38. The Kier molecular flexibility index (Phi) is 4.39. The zero-order valence-corrected chi connectivity index (χ0v) is 11.0. The highest BCUT2D eigenvalue weighted by Gasteiger charge is 2.28. The Labute approximate surface area is 116 Å². The second-order valence-electron chi connectivity index (χ2n) is 4.73. The molecule has 2 rings (SSSR count). The molecule has 7 heteroatoms. The van der Waals surface area contributed by atoms with Gasteiger partial charge in [0.1, 0.15) is 5.76 Å². The number of nitrogens with one attached hydrogen (secondary N) is 1. The van der Waals surface area contributed by atoms with Crippen LogP contribution in [0.4, 0.5) is 0 Å². The lowest BCUT2D eigenvalue weighted by Crippen LogP contribution is -2.47. The van der Waals surface area contributed by atoms with E-state index in [0.29, 0.717) is 31.7 Å². The Hall–Kier alpha value is -2.31. The average molecular weight is 279 g/mol. The minimum atomic E-state index is -0.668. The van der Waals surface area contributed by atoms with Crippen molar-refractivity contribution in [3.8, 4) is 0 Å². The molecule has 0 unspecified atom stereocenters. The van der Waals surface area contributed by atoms with Gasteiger partial charge in [-0.05, 0) is 25.0 Å². The average Bonchev–Trinajstić information content (AvgIpc) is 2.97. The standard InChI is InChI=1S/C13H17N3O4/c14-11(17)9-3-5-16(6-4-9)13(19)12(18)15-8-10-2-1-7-20-10/h1-2,7,9H,3-6,8H2,(H2,14,17)(H,15,18). The fourth-order valence-electron chi connectivity index (χ4n) is 2.17. The fourth-order valence-corrected chi connectivity index (χ4v) is 2.17. The lowest BCUT2D eigenvalue weighted by Gasteiger charge is -2.29. The molecule has 0 atom stereocenters. The van der Waals surface area contributed by atoms with Crippen LogP contribution < -0.4 is 11.1 Å². The van der Waals surface area contributed by atoms with Crippen molar-refractivity contribution in [2.24, 2.45) is 11.7 Å². The molecule has 0 aliphatic carbocycles. The largest absolute Gasteiger partial charge is 0.467 e. The summed E-state index contributed by atoms with van der Waals surface area (Å²) in [4.78, 5) is 36.1. The Morgan fingerprint density at radius 1 is 1.35 bits per heavy atom. The molecule has 3 amide bonds. The second-order valence-corrected chi connectivity index (χ2v) is 4.73. The lowest BCUT2D eigenvalue weighted by atomic mass is 9.96. The summed E-state index contributed by atoms with van der Waals surface area (Å²) in [6.07, 6.45) is 2.51. The Morgan fingerprint density at radius 2 is 2.05 bits per heavy atom. The molecule has 1 aliphatic heterocycles. The number of carbonyl (C=O) groups is 3. The summed E-state index contributed by atoms with van der Waals surface area (Å²) in [5.41, 5.74) is 5.22. The Bertz CT molecular complexity index is 490. The third kappa shape index (κ3) is 3.37. The summed E-state index contributed by atoms with van der Waals surface area (Å²) in [5, 5.41) is 2.50. The van der Waals surface area contributed by atoms with E-state index in [1.54, 1.807) is 12.1 Å². The zero-order chi connectivity index (χ0) is 14.5. The first-order valence-corrected chi connectivity index (χ1v) is 6.46. The number of likely N-dealkylation sites (tertiary alicyclic amines) is 1. The van der Waals surface area contributed by atoms with E-state index in [1.165, 1.54) is 11.2 Å². The van der Waals surface area contributed by atoms with E-state index in [0.717, 1.165) is 0 Å². The molecular weight excluding hydrogens is 262 g/mol. The topological polar surface area (TPSA) is 106 Å². The lowest BCUT2D eigenvalue weighted by molar-refractivity contribution is -0.147. The molecule has 7 nitrogen and oxygen atoms in total. The highest BCUT2D eigenvalue weighted by Crippen LogP contribution is 2.16. The van der Waals surface area contributed by atoms with Crippen LogP contribution in [-0.4, -0.2) is 35.7 Å². The maximum absolute atomic E-state index is 11.9. The molecule has 1 aromatic rings. The molecule has 1 aliphatic rings. The van der Waals surface area contributed by atoms with Crippen LogP contribution in [-0.2, 0) is 20.9 Å². The zero-order valence-electron chi connectivity index (χ0n) is 11.0. The third-order valence-corrected chi connectivity index (χ3v) is 3.38. The van der Waals surface area contributed by atoms with Crippen LogP contribution in [0, 0.1) is 5.92 Å². The fraction of sp³-hybridized carbons (Fsp3) is 0.462. The van der Waals surface area contributed by atoms with E-state index in [4.69, 9.17) is 10.2 Å². The molecule has 0 saturated carbocycles. The predicted molar refractivity (Wildman–Crippen MR) is 69.1 cm³/mol. The van der Waals surface area contributed by atoms with Crippen LogP contribution in [0.1, 0.15) is 18.6 Å². The molecule has 0 spiro atoms. The van der Waals surface area contributed by atoms with Crippen molar-refractivity contribution in [1.29, 1.82) is 0 Å². The van der Waals surface area contributed by atoms with Crippen molar-refractivity contribution in [3.63, 3.8) is 0 Å². The summed E-state index contributed by atoms with van der Waals surface area (Å²) in [6.45, 7) is 0.927. The van der Waals surface area contributed by atoms with E-state index >= 15 is 0 Å².